The zero-order valence-electron chi connectivity index (χ0n) is 25.1. The fraction of sp³-hybridized carbons (Fsp3) is 0.290. The summed E-state index contributed by atoms with van der Waals surface area (Å²) >= 11 is 0. The quantitative estimate of drug-likeness (QED) is 0.193. The molecule has 7 nitrogen and oxygen atoms in total. The van der Waals surface area contributed by atoms with Gasteiger partial charge in [-0.2, -0.15) is 22.0 Å². The van der Waals surface area contributed by atoms with Gasteiger partial charge in [-0.05, 0) is 76.1 Å². The molecule has 240 valence electrons. The Labute approximate surface area is 254 Å². The molecule has 2 heterocycles. The Morgan fingerprint density at radius 1 is 1.07 bits per heavy atom. The van der Waals surface area contributed by atoms with Crippen molar-refractivity contribution in [3.05, 3.63) is 110 Å². The number of hydrogen-bond donors (Lipinski definition) is 1. The number of pyridine rings is 1. The number of nitrogens with one attached hydrogen (secondary N) is 1. The number of amides is 1. The standard InChI is InChI=1S/C31H30F7N5O2/c1-7-25(22-14-39-27(40-15-22)26-9-8-24(33)29(45)43(26)30(34)35)42(6)28(44)21-11-16(2)10-20(13-21)18(4)41-19(5)23(12-17(3)32)31(36,37)38/h7-15,18,30,41H,1-6H3/b17-12+,23-19-,25-7-. The Morgan fingerprint density at radius 3 is 2.22 bits per heavy atom. The first kappa shape index (κ1) is 34.7. The van der Waals surface area contributed by atoms with Crippen molar-refractivity contribution in [2.45, 2.75) is 53.4 Å². The Kier molecular flexibility index (Phi) is 10.7. The average Bonchev–Trinajstić information content (AvgIpc) is 2.96. The van der Waals surface area contributed by atoms with E-state index in [1.807, 2.05) is 0 Å². The van der Waals surface area contributed by atoms with E-state index in [0.717, 1.165) is 19.1 Å². The number of carbonyl (C=O) groups excluding carboxylic acids is 1. The van der Waals surface area contributed by atoms with Crippen LogP contribution in [0.25, 0.3) is 17.2 Å². The Balaban J connectivity index is 1.91. The fourth-order valence-corrected chi connectivity index (χ4v) is 4.63. The fourth-order valence-electron chi connectivity index (χ4n) is 4.63. The van der Waals surface area contributed by atoms with Gasteiger partial charge >= 0.3 is 12.7 Å². The summed E-state index contributed by atoms with van der Waals surface area (Å²) in [6.45, 7) is 3.69. The second-order valence-electron chi connectivity index (χ2n) is 10.1. The van der Waals surface area contributed by atoms with Crippen LogP contribution in [0.15, 0.2) is 76.8 Å². The van der Waals surface area contributed by atoms with Gasteiger partial charge in [0, 0.05) is 48.0 Å². The smallest absolute Gasteiger partial charge is 0.382 e. The summed E-state index contributed by atoms with van der Waals surface area (Å²) in [5.41, 5.74) is -1.42. The van der Waals surface area contributed by atoms with Crippen LogP contribution in [0.4, 0.5) is 30.7 Å². The van der Waals surface area contributed by atoms with E-state index < -0.39 is 53.1 Å². The summed E-state index contributed by atoms with van der Waals surface area (Å²) in [5.74, 6) is -3.14. The van der Waals surface area contributed by atoms with Crippen molar-refractivity contribution in [2.75, 3.05) is 7.05 Å². The molecule has 0 aliphatic heterocycles. The van der Waals surface area contributed by atoms with Crippen LogP contribution in [0.2, 0.25) is 0 Å². The number of allylic oxidation sites excluding steroid dienone is 5. The summed E-state index contributed by atoms with van der Waals surface area (Å²) in [6.07, 6.45) is -0.314. The molecule has 14 heteroatoms. The van der Waals surface area contributed by atoms with Crippen molar-refractivity contribution >= 4 is 11.6 Å². The highest BCUT2D eigenvalue weighted by Gasteiger charge is 2.34. The molecule has 0 radical (unpaired) electrons. The van der Waals surface area contributed by atoms with E-state index >= 15 is 0 Å². The molecule has 1 unspecified atom stereocenters. The van der Waals surface area contributed by atoms with Gasteiger partial charge in [0.1, 0.15) is 0 Å². The highest BCUT2D eigenvalue weighted by atomic mass is 19.4. The molecule has 1 amide bonds. The van der Waals surface area contributed by atoms with Gasteiger partial charge in [-0.25, -0.2) is 23.3 Å². The summed E-state index contributed by atoms with van der Waals surface area (Å²) in [5, 5.41) is 2.73. The number of hydrogen-bond acceptors (Lipinski definition) is 5. The summed E-state index contributed by atoms with van der Waals surface area (Å²) in [4.78, 5) is 34.9. The van der Waals surface area contributed by atoms with Gasteiger partial charge in [0.15, 0.2) is 11.6 Å². The molecular formula is C31H30F7N5O2. The van der Waals surface area contributed by atoms with E-state index in [2.05, 4.69) is 15.3 Å². The van der Waals surface area contributed by atoms with Crippen molar-refractivity contribution in [3.63, 3.8) is 0 Å². The summed E-state index contributed by atoms with van der Waals surface area (Å²) in [6, 6.07) is 5.80. The molecule has 0 saturated heterocycles. The molecule has 0 fully saturated rings. The van der Waals surface area contributed by atoms with Crippen LogP contribution in [-0.2, 0) is 0 Å². The SMILES string of the molecule is C/C=C(/c1cnc(-c2ccc(F)c(=O)n2C(F)F)nc1)N(C)C(=O)c1cc(C)cc(C(C)N/C(C)=C(/C=C(\C)F)C(F)(F)F)c1. The van der Waals surface area contributed by atoms with Gasteiger partial charge in [0.25, 0.3) is 11.5 Å². The van der Waals surface area contributed by atoms with Gasteiger partial charge in [0.2, 0.25) is 0 Å². The van der Waals surface area contributed by atoms with E-state index in [1.54, 1.807) is 39.0 Å². The first-order valence-electron chi connectivity index (χ1n) is 13.4. The van der Waals surface area contributed by atoms with Crippen molar-refractivity contribution in [1.82, 2.24) is 24.8 Å². The van der Waals surface area contributed by atoms with Crippen molar-refractivity contribution in [2.24, 2.45) is 0 Å². The van der Waals surface area contributed by atoms with E-state index in [1.165, 1.54) is 37.3 Å². The van der Waals surface area contributed by atoms with E-state index in [9.17, 15) is 40.3 Å². The van der Waals surface area contributed by atoms with Gasteiger partial charge in [-0.3, -0.25) is 9.59 Å². The number of aromatic nitrogens is 3. The number of rotatable bonds is 9. The predicted octanol–water partition coefficient (Wildman–Crippen LogP) is 7.64. The van der Waals surface area contributed by atoms with Crippen LogP contribution in [-0.4, -0.2) is 38.6 Å². The molecule has 3 rings (SSSR count). The topological polar surface area (TPSA) is 80.1 Å². The minimum absolute atomic E-state index is 0.0677. The third-order valence-corrected chi connectivity index (χ3v) is 6.71. The molecule has 45 heavy (non-hydrogen) atoms. The van der Waals surface area contributed by atoms with Crippen LogP contribution in [0, 0.1) is 12.7 Å². The maximum atomic E-state index is 13.6. The zero-order chi connectivity index (χ0) is 33.8. The van der Waals surface area contributed by atoms with Crippen LogP contribution >= 0.6 is 0 Å². The molecule has 0 saturated carbocycles. The molecule has 1 aromatic carbocycles. The molecule has 1 atom stereocenters. The summed E-state index contributed by atoms with van der Waals surface area (Å²) < 4.78 is 94.4. The maximum Gasteiger partial charge on any atom is 0.418 e. The van der Waals surface area contributed by atoms with Crippen molar-refractivity contribution in [1.29, 1.82) is 0 Å². The molecule has 0 aliphatic rings. The van der Waals surface area contributed by atoms with Crippen molar-refractivity contribution < 1.29 is 35.5 Å². The maximum absolute atomic E-state index is 13.6. The second kappa shape index (κ2) is 13.9. The number of carbonyl (C=O) groups is 1. The second-order valence-corrected chi connectivity index (χ2v) is 10.1. The number of alkyl halides is 5. The lowest BCUT2D eigenvalue weighted by Crippen LogP contribution is -2.27. The molecule has 0 aliphatic carbocycles. The van der Waals surface area contributed by atoms with E-state index in [-0.39, 0.29) is 21.7 Å². The molecular weight excluding hydrogens is 607 g/mol. The number of aryl methyl sites for hydroxylation is 1. The highest BCUT2D eigenvalue weighted by molar-refractivity contribution is 5.99. The monoisotopic (exact) mass is 637 g/mol. The minimum atomic E-state index is -4.80. The lowest BCUT2D eigenvalue weighted by atomic mass is 10.00. The molecule has 1 N–H and O–H groups in total. The Hall–Kier alpha value is -4.75. The lowest BCUT2D eigenvalue weighted by Gasteiger charge is -2.23. The van der Waals surface area contributed by atoms with Gasteiger partial charge in [-0.15, -0.1) is 0 Å². The Bertz CT molecular complexity index is 1720. The first-order chi connectivity index (χ1) is 21.0. The van der Waals surface area contributed by atoms with Crippen molar-refractivity contribution in [3.8, 4) is 11.5 Å². The number of benzene rings is 1. The Morgan fingerprint density at radius 2 is 1.69 bits per heavy atom. The predicted molar refractivity (Wildman–Crippen MR) is 155 cm³/mol. The zero-order valence-corrected chi connectivity index (χ0v) is 25.1. The van der Waals surface area contributed by atoms with Gasteiger partial charge < -0.3 is 10.2 Å². The molecule has 2 aromatic heterocycles. The third-order valence-electron chi connectivity index (χ3n) is 6.71. The van der Waals surface area contributed by atoms with Crippen LogP contribution < -0.4 is 10.9 Å². The average molecular weight is 638 g/mol. The highest BCUT2D eigenvalue weighted by Crippen LogP contribution is 2.31. The number of nitrogens with zero attached hydrogens (tertiary/aromatic N) is 4. The van der Waals surface area contributed by atoms with Crippen LogP contribution in [0.3, 0.4) is 0 Å². The first-order valence-corrected chi connectivity index (χ1v) is 13.4. The normalized spacial score (nSPS) is 13.9. The largest absolute Gasteiger partial charge is 0.418 e. The van der Waals surface area contributed by atoms with Gasteiger partial charge in [-0.1, -0.05) is 12.1 Å². The summed E-state index contributed by atoms with van der Waals surface area (Å²) in [7, 11) is 1.47. The van der Waals surface area contributed by atoms with Gasteiger partial charge in [0.05, 0.1) is 17.1 Å². The third kappa shape index (κ3) is 8.05. The molecule has 3 aromatic rings. The van der Waals surface area contributed by atoms with Crippen LogP contribution in [0.1, 0.15) is 67.3 Å². The van der Waals surface area contributed by atoms with E-state index in [4.69, 9.17) is 0 Å². The number of halogens is 7. The molecule has 0 bridgehead atoms. The van der Waals surface area contributed by atoms with E-state index in [0.29, 0.717) is 28.5 Å². The lowest BCUT2D eigenvalue weighted by molar-refractivity contribution is -0.0895. The minimum Gasteiger partial charge on any atom is -0.382 e. The molecule has 0 spiro atoms. The van der Waals surface area contributed by atoms with Crippen LogP contribution in [0.5, 0.6) is 0 Å².